The highest BCUT2D eigenvalue weighted by atomic mass is 35.5. The number of hydrogen-bond acceptors (Lipinski definition) is 1. The van der Waals surface area contributed by atoms with Gasteiger partial charge in [-0.25, -0.2) is 0 Å². The van der Waals surface area contributed by atoms with Gasteiger partial charge in [-0.15, -0.1) is 0 Å². The number of allylic oxidation sites excluding steroid dienone is 2. The number of benzene rings is 2. The Morgan fingerprint density at radius 3 is 2.25 bits per heavy atom. The Hall–Kier alpha value is -2.15. The number of fused-ring (bicyclic) bond motifs is 3. The minimum absolute atomic E-state index is 0.000472. The first-order valence-electron chi connectivity index (χ1n) is 8.58. The molecule has 1 N–H and O–H groups in total. The number of anilines is 1. The van der Waals surface area contributed by atoms with Crippen LogP contribution in [-0.4, -0.2) is 0 Å². The molecule has 0 spiro atoms. The highest BCUT2D eigenvalue weighted by molar-refractivity contribution is 6.33. The van der Waals surface area contributed by atoms with Crippen molar-refractivity contribution in [1.29, 1.82) is 0 Å². The van der Waals surface area contributed by atoms with Gasteiger partial charge in [-0.1, -0.05) is 42.0 Å². The number of hydrogen-bond donors (Lipinski definition) is 1. The van der Waals surface area contributed by atoms with Crippen LogP contribution in [0.1, 0.15) is 40.6 Å². The van der Waals surface area contributed by atoms with Gasteiger partial charge < -0.3 is 5.32 Å². The van der Waals surface area contributed by atoms with Gasteiger partial charge in [0.15, 0.2) is 0 Å². The van der Waals surface area contributed by atoms with Crippen molar-refractivity contribution < 1.29 is 26.3 Å². The molecule has 2 aromatic rings. The van der Waals surface area contributed by atoms with E-state index in [2.05, 4.69) is 5.32 Å². The summed E-state index contributed by atoms with van der Waals surface area (Å²) in [5, 5.41) is 2.96. The molecule has 0 amide bonds. The molecule has 0 aromatic heterocycles. The van der Waals surface area contributed by atoms with Gasteiger partial charge in [-0.05, 0) is 41.7 Å². The van der Waals surface area contributed by atoms with Gasteiger partial charge in [-0.3, -0.25) is 0 Å². The van der Waals surface area contributed by atoms with E-state index in [1.165, 1.54) is 18.2 Å². The fourth-order valence-corrected chi connectivity index (χ4v) is 4.48. The lowest BCUT2D eigenvalue weighted by molar-refractivity contribution is -0.138. The third-order valence-corrected chi connectivity index (χ3v) is 5.69. The van der Waals surface area contributed by atoms with Gasteiger partial charge in [0.05, 0.1) is 27.9 Å². The predicted molar refractivity (Wildman–Crippen MR) is 94.2 cm³/mol. The van der Waals surface area contributed by atoms with E-state index in [1.54, 1.807) is 12.2 Å². The van der Waals surface area contributed by atoms with Crippen LogP contribution >= 0.6 is 11.6 Å². The number of nitrogens with one attached hydrogen (secondary N) is 1. The molecule has 0 saturated carbocycles. The summed E-state index contributed by atoms with van der Waals surface area (Å²) >= 11 is 6.16. The zero-order valence-corrected chi connectivity index (χ0v) is 15.0. The molecule has 2 aliphatic rings. The summed E-state index contributed by atoms with van der Waals surface area (Å²) in [5.74, 6) is -1.14. The standard InChI is InChI=1S/C20H14ClF6N/c21-15-9-8-14(20(25,26)27)16-10-5-3-6-11(10)17(28-18(15)16)12-4-1-2-7-13(12)19(22,23)24/h1-5,7-11,17,28H,6H2/t10-,11+,17-/m1/s1. The molecule has 8 heteroatoms. The quantitative estimate of drug-likeness (QED) is 0.382. The largest absolute Gasteiger partial charge is 0.416 e. The molecule has 0 radical (unpaired) electrons. The Morgan fingerprint density at radius 1 is 0.893 bits per heavy atom. The summed E-state index contributed by atoms with van der Waals surface area (Å²) in [6.45, 7) is 0. The van der Waals surface area contributed by atoms with E-state index in [-0.39, 0.29) is 21.8 Å². The maximum Gasteiger partial charge on any atom is 0.416 e. The monoisotopic (exact) mass is 417 g/mol. The Bertz CT molecular complexity index is 947. The average Bonchev–Trinajstić information content (AvgIpc) is 3.09. The zero-order chi connectivity index (χ0) is 20.3. The molecule has 28 heavy (non-hydrogen) atoms. The first-order valence-corrected chi connectivity index (χ1v) is 8.95. The molecule has 148 valence electrons. The van der Waals surface area contributed by atoms with E-state index in [0.717, 1.165) is 18.2 Å². The summed E-state index contributed by atoms with van der Waals surface area (Å²) < 4.78 is 81.3. The lowest BCUT2D eigenvalue weighted by Gasteiger charge is -2.40. The van der Waals surface area contributed by atoms with Crippen molar-refractivity contribution in [2.45, 2.75) is 30.7 Å². The van der Waals surface area contributed by atoms with Gasteiger partial charge in [0.2, 0.25) is 0 Å². The van der Waals surface area contributed by atoms with Gasteiger partial charge in [0.25, 0.3) is 0 Å². The first kappa shape index (κ1) is 19.2. The highest BCUT2D eigenvalue weighted by Crippen LogP contribution is 2.55. The van der Waals surface area contributed by atoms with Crippen LogP contribution in [0.3, 0.4) is 0 Å². The molecular weight excluding hydrogens is 404 g/mol. The molecule has 3 atom stereocenters. The van der Waals surface area contributed by atoms with Crippen molar-refractivity contribution in [3.05, 3.63) is 75.8 Å². The highest BCUT2D eigenvalue weighted by Gasteiger charge is 2.46. The van der Waals surface area contributed by atoms with E-state index in [1.807, 2.05) is 0 Å². The summed E-state index contributed by atoms with van der Waals surface area (Å²) in [4.78, 5) is 0. The molecule has 1 heterocycles. The van der Waals surface area contributed by atoms with Crippen LogP contribution in [0, 0.1) is 5.92 Å². The van der Waals surface area contributed by atoms with Gasteiger partial charge in [0.1, 0.15) is 0 Å². The maximum absolute atomic E-state index is 13.6. The van der Waals surface area contributed by atoms with Crippen LogP contribution in [0.25, 0.3) is 0 Å². The molecule has 0 saturated heterocycles. The van der Waals surface area contributed by atoms with E-state index in [0.29, 0.717) is 6.42 Å². The van der Waals surface area contributed by atoms with Crippen LogP contribution in [0.4, 0.5) is 32.0 Å². The summed E-state index contributed by atoms with van der Waals surface area (Å²) in [6.07, 6.45) is -5.43. The van der Waals surface area contributed by atoms with Crippen molar-refractivity contribution >= 4 is 17.3 Å². The fourth-order valence-electron chi connectivity index (χ4n) is 4.26. The lowest BCUT2D eigenvalue weighted by Crippen LogP contribution is -2.32. The molecule has 1 aliphatic carbocycles. The SMILES string of the molecule is FC(F)(F)c1ccccc1[C@@H]1Nc2c(Cl)ccc(C(F)(F)F)c2[C@@H]2C=CC[C@@H]21. The van der Waals surface area contributed by atoms with Gasteiger partial charge >= 0.3 is 12.4 Å². The Kier molecular flexibility index (Phi) is 4.41. The molecule has 4 rings (SSSR count). The summed E-state index contributed by atoms with van der Waals surface area (Å²) in [6, 6.07) is 6.37. The lowest BCUT2D eigenvalue weighted by atomic mass is 9.74. The topological polar surface area (TPSA) is 12.0 Å². The van der Waals surface area contributed by atoms with Crippen molar-refractivity contribution in [3.63, 3.8) is 0 Å². The molecule has 0 bridgehead atoms. The van der Waals surface area contributed by atoms with Crippen LogP contribution in [0.5, 0.6) is 0 Å². The summed E-state index contributed by atoms with van der Waals surface area (Å²) in [7, 11) is 0. The third kappa shape index (κ3) is 3.05. The molecular formula is C20H14ClF6N. The van der Waals surface area contributed by atoms with Crippen LogP contribution < -0.4 is 5.32 Å². The van der Waals surface area contributed by atoms with Gasteiger partial charge in [0, 0.05) is 5.92 Å². The number of rotatable bonds is 1. The smallest absolute Gasteiger partial charge is 0.376 e. The fraction of sp³-hybridized carbons (Fsp3) is 0.300. The van der Waals surface area contributed by atoms with Crippen molar-refractivity contribution in [2.24, 2.45) is 5.92 Å². The van der Waals surface area contributed by atoms with E-state index in [4.69, 9.17) is 11.6 Å². The van der Waals surface area contributed by atoms with Crippen molar-refractivity contribution in [1.82, 2.24) is 0 Å². The minimum atomic E-state index is -4.59. The van der Waals surface area contributed by atoms with Crippen LogP contribution in [-0.2, 0) is 12.4 Å². The van der Waals surface area contributed by atoms with E-state index >= 15 is 0 Å². The maximum atomic E-state index is 13.6. The second-order valence-corrected chi connectivity index (χ2v) is 7.35. The second kappa shape index (κ2) is 6.44. The summed E-state index contributed by atoms with van der Waals surface area (Å²) in [5.41, 5.74) is -1.56. The molecule has 1 aliphatic heterocycles. The Labute approximate surface area is 162 Å². The van der Waals surface area contributed by atoms with Gasteiger partial charge in [-0.2, -0.15) is 26.3 Å². The molecule has 0 fully saturated rings. The molecule has 2 aromatic carbocycles. The molecule has 0 unspecified atom stereocenters. The third-order valence-electron chi connectivity index (χ3n) is 5.38. The molecule has 1 nitrogen and oxygen atoms in total. The van der Waals surface area contributed by atoms with Crippen LogP contribution in [0.15, 0.2) is 48.6 Å². The Balaban J connectivity index is 1.90. The Morgan fingerprint density at radius 2 is 1.57 bits per heavy atom. The number of alkyl halides is 6. The van der Waals surface area contributed by atoms with Crippen LogP contribution in [0.2, 0.25) is 5.02 Å². The minimum Gasteiger partial charge on any atom is -0.376 e. The van der Waals surface area contributed by atoms with E-state index in [9.17, 15) is 26.3 Å². The normalized spacial score (nSPS) is 23.9. The second-order valence-electron chi connectivity index (χ2n) is 6.94. The number of halogens is 7. The predicted octanol–water partition coefficient (Wildman–Crippen LogP) is 7.20. The van der Waals surface area contributed by atoms with Crippen molar-refractivity contribution in [2.75, 3.05) is 5.32 Å². The van der Waals surface area contributed by atoms with E-state index < -0.39 is 41.4 Å². The van der Waals surface area contributed by atoms with Crippen molar-refractivity contribution in [3.8, 4) is 0 Å². The first-order chi connectivity index (χ1) is 13.1. The zero-order valence-electron chi connectivity index (χ0n) is 14.2. The average molecular weight is 418 g/mol.